The smallest absolute Gasteiger partial charge is 0.270 e. The van der Waals surface area contributed by atoms with E-state index in [1.807, 2.05) is 0 Å². The van der Waals surface area contributed by atoms with Gasteiger partial charge in [0.2, 0.25) is 0 Å². The van der Waals surface area contributed by atoms with Crippen LogP contribution in [0, 0.1) is 12.7 Å². The molecule has 0 fully saturated rings. The Balaban J connectivity index is 1.83. The number of nitrogens with zero attached hydrogens (tertiary/aromatic N) is 2. The van der Waals surface area contributed by atoms with E-state index >= 15 is 0 Å². The molecule has 2 aromatic heterocycles. The molecule has 2 N–H and O–H groups in total. The number of fused-ring (bicyclic) bond motifs is 1. The molecule has 0 aliphatic carbocycles. The summed E-state index contributed by atoms with van der Waals surface area (Å²) in [4.78, 5) is 17.3. The summed E-state index contributed by atoms with van der Waals surface area (Å²) in [6, 6.07) is 9.62. The maximum absolute atomic E-state index is 13.8. The highest BCUT2D eigenvalue weighted by Crippen LogP contribution is 2.23. The number of hydrogen-bond acceptors (Lipinski definition) is 4. The van der Waals surface area contributed by atoms with Crippen LogP contribution in [0.4, 0.5) is 4.39 Å². The van der Waals surface area contributed by atoms with Gasteiger partial charge in [0, 0.05) is 11.8 Å². The van der Waals surface area contributed by atoms with Crippen molar-refractivity contribution in [2.45, 2.75) is 45.8 Å². The number of halogens is 1. The number of imidazole rings is 1. The lowest BCUT2D eigenvalue weighted by Crippen LogP contribution is -2.38. The predicted octanol–water partition coefficient (Wildman–Crippen LogP) is 3.64. The predicted molar refractivity (Wildman–Crippen MR) is 109 cm³/mol. The van der Waals surface area contributed by atoms with E-state index in [1.54, 1.807) is 47.9 Å². The third kappa shape index (κ3) is 4.74. The molecule has 154 valence electrons. The zero-order valence-electron chi connectivity index (χ0n) is 16.7. The number of aryl methyl sites for hydroxylation is 1. The minimum absolute atomic E-state index is 0.0589. The Morgan fingerprint density at radius 2 is 2.10 bits per heavy atom. The van der Waals surface area contributed by atoms with Gasteiger partial charge in [0.25, 0.3) is 5.91 Å². The summed E-state index contributed by atoms with van der Waals surface area (Å²) in [6.45, 7) is 3.76. The van der Waals surface area contributed by atoms with Gasteiger partial charge in [-0.1, -0.05) is 38.0 Å². The van der Waals surface area contributed by atoms with Crippen LogP contribution in [0.15, 0.2) is 42.6 Å². The molecule has 0 aliphatic rings. The number of nitrogens with one attached hydrogen (secondary N) is 1. The van der Waals surface area contributed by atoms with Crippen LogP contribution in [0.2, 0.25) is 0 Å². The standard InChI is InChI=1S/C22H26FN3O3/c1-3-4-9-17(13-27)25-22(28)20-15(2)24-21-19(11-7-12-26(20)21)29-14-16-8-5-6-10-18(16)23/h5-8,10-12,17,27H,3-4,9,13-14H2,1-2H3,(H,25,28)/t17-/m1/s1. The maximum Gasteiger partial charge on any atom is 0.270 e. The Morgan fingerprint density at radius 3 is 2.83 bits per heavy atom. The van der Waals surface area contributed by atoms with Gasteiger partial charge >= 0.3 is 0 Å². The first-order valence-electron chi connectivity index (χ1n) is 9.80. The van der Waals surface area contributed by atoms with E-state index in [4.69, 9.17) is 4.74 Å². The fourth-order valence-electron chi connectivity index (χ4n) is 3.23. The van der Waals surface area contributed by atoms with E-state index in [-0.39, 0.29) is 31.0 Å². The quantitative estimate of drug-likeness (QED) is 0.576. The van der Waals surface area contributed by atoms with Gasteiger partial charge in [-0.2, -0.15) is 0 Å². The number of amides is 1. The molecule has 0 saturated carbocycles. The molecular formula is C22H26FN3O3. The zero-order valence-corrected chi connectivity index (χ0v) is 16.7. The molecule has 0 aliphatic heterocycles. The molecule has 1 aromatic carbocycles. The Morgan fingerprint density at radius 1 is 1.31 bits per heavy atom. The van der Waals surface area contributed by atoms with Crippen molar-refractivity contribution in [3.05, 3.63) is 65.4 Å². The van der Waals surface area contributed by atoms with Gasteiger partial charge in [0.15, 0.2) is 11.4 Å². The molecule has 0 saturated heterocycles. The van der Waals surface area contributed by atoms with Crippen LogP contribution < -0.4 is 10.1 Å². The SMILES string of the molecule is CCCC[C@H](CO)NC(=O)c1c(C)nc2c(OCc3ccccc3F)cccn12. The summed E-state index contributed by atoms with van der Waals surface area (Å²) >= 11 is 0. The minimum Gasteiger partial charge on any atom is -0.485 e. The number of pyridine rings is 1. The second-order valence-electron chi connectivity index (χ2n) is 6.99. The fraction of sp³-hybridized carbons (Fsp3) is 0.364. The number of aromatic nitrogens is 2. The van der Waals surface area contributed by atoms with Crippen molar-refractivity contribution < 1.29 is 19.0 Å². The van der Waals surface area contributed by atoms with E-state index in [0.717, 1.165) is 12.8 Å². The van der Waals surface area contributed by atoms with Crippen LogP contribution in [-0.2, 0) is 6.61 Å². The van der Waals surface area contributed by atoms with Gasteiger partial charge in [0.05, 0.1) is 18.3 Å². The summed E-state index contributed by atoms with van der Waals surface area (Å²) in [5.41, 5.74) is 1.88. The van der Waals surface area contributed by atoms with Crippen molar-refractivity contribution in [1.82, 2.24) is 14.7 Å². The number of aliphatic hydroxyl groups is 1. The highest BCUT2D eigenvalue weighted by Gasteiger charge is 2.21. The lowest BCUT2D eigenvalue weighted by molar-refractivity contribution is 0.0905. The van der Waals surface area contributed by atoms with Gasteiger partial charge in [-0.3, -0.25) is 9.20 Å². The third-order valence-corrected chi connectivity index (χ3v) is 4.81. The van der Waals surface area contributed by atoms with Gasteiger partial charge in [-0.25, -0.2) is 9.37 Å². The molecule has 0 bridgehead atoms. The molecule has 29 heavy (non-hydrogen) atoms. The lowest BCUT2D eigenvalue weighted by Gasteiger charge is -2.16. The molecule has 3 rings (SSSR count). The molecule has 2 heterocycles. The zero-order chi connectivity index (χ0) is 20.8. The average molecular weight is 399 g/mol. The Bertz CT molecular complexity index is 987. The number of unbranched alkanes of at least 4 members (excludes halogenated alkanes) is 1. The van der Waals surface area contributed by atoms with Crippen molar-refractivity contribution in [2.24, 2.45) is 0 Å². The molecule has 7 heteroatoms. The highest BCUT2D eigenvalue weighted by atomic mass is 19.1. The average Bonchev–Trinajstić information content (AvgIpc) is 3.06. The van der Waals surface area contributed by atoms with Crippen molar-refractivity contribution in [1.29, 1.82) is 0 Å². The van der Waals surface area contributed by atoms with Crippen molar-refractivity contribution in [3.63, 3.8) is 0 Å². The number of carbonyl (C=O) groups is 1. The molecule has 6 nitrogen and oxygen atoms in total. The van der Waals surface area contributed by atoms with Gasteiger partial charge in [-0.05, 0) is 31.5 Å². The largest absolute Gasteiger partial charge is 0.485 e. The van der Waals surface area contributed by atoms with Crippen LogP contribution in [0.25, 0.3) is 5.65 Å². The molecular weight excluding hydrogens is 373 g/mol. The molecule has 3 aromatic rings. The monoisotopic (exact) mass is 399 g/mol. The number of rotatable bonds is 9. The van der Waals surface area contributed by atoms with Crippen LogP contribution in [0.1, 0.15) is 47.9 Å². The summed E-state index contributed by atoms with van der Waals surface area (Å²) in [5.74, 6) is -0.167. The topological polar surface area (TPSA) is 75.9 Å². The van der Waals surface area contributed by atoms with Crippen LogP contribution in [0.5, 0.6) is 5.75 Å². The Hall–Kier alpha value is -2.93. The highest BCUT2D eigenvalue weighted by molar-refractivity contribution is 5.95. The Kier molecular flexibility index (Phi) is 6.82. The number of carbonyl (C=O) groups excluding carboxylic acids is 1. The van der Waals surface area contributed by atoms with Gasteiger partial charge in [0.1, 0.15) is 18.1 Å². The Labute approximate surface area is 169 Å². The second kappa shape index (κ2) is 9.52. The maximum atomic E-state index is 13.8. The normalized spacial score (nSPS) is 12.1. The molecule has 0 spiro atoms. The van der Waals surface area contributed by atoms with E-state index in [0.29, 0.717) is 34.8 Å². The second-order valence-corrected chi connectivity index (χ2v) is 6.99. The summed E-state index contributed by atoms with van der Waals surface area (Å²) < 4.78 is 21.3. The third-order valence-electron chi connectivity index (χ3n) is 4.81. The van der Waals surface area contributed by atoms with E-state index in [1.165, 1.54) is 6.07 Å². The van der Waals surface area contributed by atoms with Crippen molar-refractivity contribution in [2.75, 3.05) is 6.61 Å². The first-order valence-corrected chi connectivity index (χ1v) is 9.80. The molecule has 1 atom stereocenters. The molecule has 0 radical (unpaired) electrons. The first-order chi connectivity index (χ1) is 14.0. The summed E-state index contributed by atoms with van der Waals surface area (Å²) in [6.07, 6.45) is 4.36. The van der Waals surface area contributed by atoms with Crippen LogP contribution >= 0.6 is 0 Å². The van der Waals surface area contributed by atoms with Crippen molar-refractivity contribution in [3.8, 4) is 5.75 Å². The van der Waals surface area contributed by atoms with E-state index in [9.17, 15) is 14.3 Å². The number of benzene rings is 1. The number of hydrogen-bond donors (Lipinski definition) is 2. The minimum atomic E-state index is -0.332. The molecule has 0 unspecified atom stereocenters. The molecule has 1 amide bonds. The first kappa shape index (κ1) is 20.8. The number of ether oxygens (including phenoxy) is 1. The van der Waals surface area contributed by atoms with E-state index < -0.39 is 0 Å². The van der Waals surface area contributed by atoms with Crippen LogP contribution in [0.3, 0.4) is 0 Å². The van der Waals surface area contributed by atoms with Gasteiger partial charge in [-0.15, -0.1) is 0 Å². The van der Waals surface area contributed by atoms with Crippen molar-refractivity contribution >= 4 is 11.6 Å². The van der Waals surface area contributed by atoms with Crippen LogP contribution in [-0.4, -0.2) is 33.0 Å². The summed E-state index contributed by atoms with van der Waals surface area (Å²) in [7, 11) is 0. The van der Waals surface area contributed by atoms with E-state index in [2.05, 4.69) is 17.2 Å². The number of aliphatic hydroxyl groups excluding tert-OH is 1. The lowest BCUT2D eigenvalue weighted by atomic mass is 10.1. The van der Waals surface area contributed by atoms with Gasteiger partial charge < -0.3 is 15.2 Å². The summed E-state index contributed by atoms with van der Waals surface area (Å²) in [5, 5.41) is 12.4. The fourth-order valence-corrected chi connectivity index (χ4v) is 3.23.